The summed E-state index contributed by atoms with van der Waals surface area (Å²) in [6, 6.07) is 0. The summed E-state index contributed by atoms with van der Waals surface area (Å²) in [4.78, 5) is 0. The van der Waals surface area contributed by atoms with E-state index in [1.54, 1.807) is 0 Å². The Hall–Kier alpha value is -0.0400. The van der Waals surface area contributed by atoms with Crippen molar-refractivity contribution in [3.05, 3.63) is 6.61 Å². The maximum atomic E-state index is 5.21. The molecule has 1 nitrogen and oxygen atoms in total. The summed E-state index contributed by atoms with van der Waals surface area (Å²) >= 11 is 0. The van der Waals surface area contributed by atoms with E-state index in [4.69, 9.17) is 4.74 Å². The molecule has 0 spiro atoms. The van der Waals surface area contributed by atoms with Crippen LogP contribution in [0.2, 0.25) is 0 Å². The molecular weight excluding hydrogens is 124 g/mol. The molecule has 0 N–H and O–H groups in total. The van der Waals surface area contributed by atoms with Crippen LogP contribution in [0.3, 0.4) is 0 Å². The molecule has 1 radical (unpaired) electrons. The van der Waals surface area contributed by atoms with Crippen molar-refractivity contribution in [1.29, 1.82) is 0 Å². The Labute approximate surface area is 64.8 Å². The van der Waals surface area contributed by atoms with Gasteiger partial charge < -0.3 is 4.74 Å². The van der Waals surface area contributed by atoms with Crippen molar-refractivity contribution >= 4 is 0 Å². The minimum Gasteiger partial charge on any atom is -0.376 e. The fourth-order valence-electron chi connectivity index (χ4n) is 0.686. The molecule has 0 rings (SSSR count). The third kappa shape index (κ3) is 7.96. The molecule has 0 atom stereocenters. The normalized spacial score (nSPS) is 10.8. The summed E-state index contributed by atoms with van der Waals surface area (Å²) in [7, 11) is 0. The second-order valence-corrected chi connectivity index (χ2v) is 3.01. The maximum absolute atomic E-state index is 5.21. The van der Waals surface area contributed by atoms with Crippen LogP contribution in [0.4, 0.5) is 0 Å². The molecule has 0 aromatic rings. The van der Waals surface area contributed by atoms with Crippen molar-refractivity contribution in [3.8, 4) is 0 Å². The molecule has 0 aliphatic rings. The van der Waals surface area contributed by atoms with E-state index in [2.05, 4.69) is 20.8 Å². The van der Waals surface area contributed by atoms with E-state index in [1.807, 2.05) is 6.61 Å². The third-order valence-electron chi connectivity index (χ3n) is 1.30. The van der Waals surface area contributed by atoms with Crippen molar-refractivity contribution in [2.24, 2.45) is 5.92 Å². The van der Waals surface area contributed by atoms with Crippen LogP contribution in [0.25, 0.3) is 0 Å². The average molecular weight is 143 g/mol. The van der Waals surface area contributed by atoms with Gasteiger partial charge in [-0.25, -0.2) is 0 Å². The van der Waals surface area contributed by atoms with Gasteiger partial charge >= 0.3 is 0 Å². The van der Waals surface area contributed by atoms with Crippen LogP contribution < -0.4 is 0 Å². The molecule has 0 saturated heterocycles. The molecule has 0 heterocycles. The second-order valence-electron chi connectivity index (χ2n) is 3.01. The van der Waals surface area contributed by atoms with E-state index in [-0.39, 0.29) is 0 Å². The minimum atomic E-state index is 0.793. The smallest absolute Gasteiger partial charge is 0.0836 e. The Balaban J connectivity index is 2.77. The van der Waals surface area contributed by atoms with Crippen molar-refractivity contribution in [2.75, 3.05) is 6.61 Å². The van der Waals surface area contributed by atoms with Gasteiger partial charge in [0.05, 0.1) is 6.61 Å². The highest BCUT2D eigenvalue weighted by atomic mass is 16.5. The van der Waals surface area contributed by atoms with Crippen molar-refractivity contribution in [1.82, 2.24) is 0 Å². The minimum absolute atomic E-state index is 0.793. The zero-order chi connectivity index (χ0) is 7.82. The molecule has 0 bridgehead atoms. The first-order chi connectivity index (χ1) is 4.77. The van der Waals surface area contributed by atoms with Gasteiger partial charge in [0, 0.05) is 6.61 Å². The van der Waals surface area contributed by atoms with Crippen LogP contribution in [0, 0.1) is 12.5 Å². The molecule has 0 unspecified atom stereocenters. The van der Waals surface area contributed by atoms with E-state index < -0.39 is 0 Å². The van der Waals surface area contributed by atoms with Crippen molar-refractivity contribution in [2.45, 2.75) is 40.0 Å². The molecular formula is C9H19O. The van der Waals surface area contributed by atoms with Gasteiger partial charge in [-0.1, -0.05) is 20.8 Å². The van der Waals surface area contributed by atoms with E-state index in [1.165, 1.54) is 6.42 Å². The van der Waals surface area contributed by atoms with Gasteiger partial charge in [-0.05, 0) is 25.2 Å². The maximum Gasteiger partial charge on any atom is 0.0836 e. The average Bonchev–Trinajstić information content (AvgIpc) is 1.87. The van der Waals surface area contributed by atoms with Gasteiger partial charge in [0.2, 0.25) is 0 Å². The van der Waals surface area contributed by atoms with Gasteiger partial charge in [-0.15, -0.1) is 0 Å². The van der Waals surface area contributed by atoms with E-state index in [9.17, 15) is 0 Å². The molecule has 0 aliphatic heterocycles. The quantitative estimate of drug-likeness (QED) is 0.519. The van der Waals surface area contributed by atoms with Gasteiger partial charge in [0.15, 0.2) is 0 Å². The lowest BCUT2D eigenvalue weighted by Crippen LogP contribution is -1.92. The number of ether oxygens (including phenoxy) is 1. The first-order valence-electron chi connectivity index (χ1n) is 4.20. The van der Waals surface area contributed by atoms with Gasteiger partial charge in [0.1, 0.15) is 0 Å². The Kier molecular flexibility index (Phi) is 7.04. The SMILES string of the molecule is CCCO[CH]CCC(C)C. The highest BCUT2D eigenvalue weighted by Gasteiger charge is 1.93. The summed E-state index contributed by atoms with van der Waals surface area (Å²) in [6.45, 7) is 9.39. The zero-order valence-electron chi connectivity index (χ0n) is 7.39. The molecule has 10 heavy (non-hydrogen) atoms. The highest BCUT2D eigenvalue weighted by Crippen LogP contribution is 2.05. The summed E-state index contributed by atoms with van der Waals surface area (Å²) < 4.78 is 5.21. The molecule has 0 saturated carbocycles. The third-order valence-corrected chi connectivity index (χ3v) is 1.30. The fraction of sp³-hybridized carbons (Fsp3) is 0.889. The van der Waals surface area contributed by atoms with Crippen LogP contribution in [0.5, 0.6) is 0 Å². The summed E-state index contributed by atoms with van der Waals surface area (Å²) in [5.74, 6) is 0.793. The molecule has 1 heteroatoms. The first-order valence-corrected chi connectivity index (χ1v) is 4.20. The van der Waals surface area contributed by atoms with E-state index in [0.29, 0.717) is 0 Å². The predicted molar refractivity (Wildman–Crippen MR) is 44.6 cm³/mol. The standard InChI is InChI=1S/C9H19O/c1-4-7-10-8-5-6-9(2)3/h8-9H,4-7H2,1-3H3. The first kappa shape index (κ1) is 9.96. The van der Waals surface area contributed by atoms with Gasteiger partial charge in [-0.2, -0.15) is 0 Å². The lowest BCUT2D eigenvalue weighted by Gasteiger charge is -2.03. The van der Waals surface area contributed by atoms with Gasteiger partial charge in [-0.3, -0.25) is 0 Å². The summed E-state index contributed by atoms with van der Waals surface area (Å²) in [5, 5.41) is 0. The predicted octanol–water partition coefficient (Wildman–Crippen LogP) is 3.01. The van der Waals surface area contributed by atoms with Crippen LogP contribution in [0.1, 0.15) is 40.0 Å². The van der Waals surface area contributed by atoms with Crippen LogP contribution in [0.15, 0.2) is 0 Å². The van der Waals surface area contributed by atoms with Crippen molar-refractivity contribution < 1.29 is 4.74 Å². The van der Waals surface area contributed by atoms with Crippen LogP contribution in [-0.4, -0.2) is 6.61 Å². The lowest BCUT2D eigenvalue weighted by atomic mass is 10.1. The summed E-state index contributed by atoms with van der Waals surface area (Å²) in [5.41, 5.74) is 0. The topological polar surface area (TPSA) is 9.23 Å². The number of rotatable bonds is 6. The largest absolute Gasteiger partial charge is 0.376 e. The molecule has 0 aliphatic carbocycles. The number of hydrogen-bond acceptors (Lipinski definition) is 1. The highest BCUT2D eigenvalue weighted by molar-refractivity contribution is 4.53. The second kappa shape index (κ2) is 7.07. The van der Waals surface area contributed by atoms with E-state index in [0.717, 1.165) is 25.4 Å². The molecule has 61 valence electrons. The van der Waals surface area contributed by atoms with Crippen LogP contribution >= 0.6 is 0 Å². The number of hydrogen-bond donors (Lipinski definition) is 0. The van der Waals surface area contributed by atoms with Crippen molar-refractivity contribution in [3.63, 3.8) is 0 Å². The Bertz CT molecular complexity index is 59.7. The molecule has 0 aromatic heterocycles. The van der Waals surface area contributed by atoms with Gasteiger partial charge in [0.25, 0.3) is 0 Å². The van der Waals surface area contributed by atoms with E-state index >= 15 is 0 Å². The Morgan fingerprint density at radius 1 is 1.40 bits per heavy atom. The molecule has 0 aromatic carbocycles. The summed E-state index contributed by atoms with van der Waals surface area (Å²) in [6.07, 6.45) is 3.44. The lowest BCUT2D eigenvalue weighted by molar-refractivity contribution is 0.188. The fourth-order valence-corrected chi connectivity index (χ4v) is 0.686. The zero-order valence-corrected chi connectivity index (χ0v) is 7.39. The Morgan fingerprint density at radius 3 is 2.60 bits per heavy atom. The molecule has 0 fully saturated rings. The van der Waals surface area contributed by atoms with Crippen LogP contribution in [-0.2, 0) is 4.74 Å². The monoisotopic (exact) mass is 143 g/mol. The Morgan fingerprint density at radius 2 is 2.10 bits per heavy atom. The molecule has 0 amide bonds.